The average Bonchev–Trinajstić information content (AvgIpc) is 2.11. The Morgan fingerprint density at radius 2 is 1.93 bits per heavy atom. The zero-order valence-electron chi connectivity index (χ0n) is 8.95. The average molecular weight is 202 g/mol. The van der Waals surface area contributed by atoms with Crippen molar-refractivity contribution >= 4 is 5.78 Å². The number of rotatable bonds is 3. The summed E-state index contributed by atoms with van der Waals surface area (Å²) < 4.78 is 0. The van der Waals surface area contributed by atoms with Crippen LogP contribution in [0.15, 0.2) is 0 Å². The smallest absolute Gasteiger partial charge is 0.138 e. The largest absolute Gasteiger partial charge is 0.387 e. The first-order valence-electron chi connectivity index (χ1n) is 4.90. The molecule has 4 nitrogen and oxygen atoms in total. The first-order chi connectivity index (χ1) is 6.48. The summed E-state index contributed by atoms with van der Waals surface area (Å²) in [5, 5.41) is 10.1. The summed E-state index contributed by atoms with van der Waals surface area (Å²) in [5.41, 5.74) is -0.914. The minimum absolute atomic E-state index is 0.0933. The molecule has 0 aliphatic heterocycles. The highest BCUT2D eigenvalue weighted by Crippen LogP contribution is 2.33. The molecule has 0 bridgehead atoms. The number of carbonyl (C=O) groups is 1. The summed E-state index contributed by atoms with van der Waals surface area (Å²) in [6.45, 7) is 3.82. The van der Waals surface area contributed by atoms with Gasteiger partial charge in [-0.15, -0.1) is 0 Å². The first-order valence-corrected chi connectivity index (χ1v) is 4.90. The number of Topliss-reactive ketones (excluding diaryl/α,β-unsaturated/α-hetero) is 1. The molecule has 1 saturated carbocycles. The summed E-state index contributed by atoms with van der Waals surface area (Å²) in [6.07, 6.45) is 0.916. The van der Waals surface area contributed by atoms with E-state index in [0.29, 0.717) is 12.8 Å². The second-order valence-electron chi connectivity index (χ2n) is 4.27. The van der Waals surface area contributed by atoms with E-state index in [1.54, 1.807) is 0 Å². The van der Waals surface area contributed by atoms with E-state index in [-0.39, 0.29) is 24.2 Å². The summed E-state index contributed by atoms with van der Waals surface area (Å²) in [7, 11) is 1.41. The van der Waals surface area contributed by atoms with Crippen LogP contribution >= 0.6 is 0 Å². The maximum absolute atomic E-state index is 11.5. The topological polar surface area (TPSA) is 55.8 Å². The van der Waals surface area contributed by atoms with Crippen molar-refractivity contribution in [3.63, 3.8) is 0 Å². The molecule has 0 aromatic heterocycles. The van der Waals surface area contributed by atoms with Gasteiger partial charge in [-0.2, -0.15) is 0 Å². The normalized spacial score (nSPS) is 38.7. The second-order valence-corrected chi connectivity index (χ2v) is 4.27. The Kier molecular flexibility index (Phi) is 3.64. The Labute approximate surface area is 84.1 Å². The minimum Gasteiger partial charge on any atom is -0.387 e. The van der Waals surface area contributed by atoms with Crippen molar-refractivity contribution in [3.8, 4) is 0 Å². The van der Waals surface area contributed by atoms with E-state index in [2.05, 4.69) is 4.89 Å². The molecule has 2 atom stereocenters. The van der Waals surface area contributed by atoms with Crippen LogP contribution in [0.4, 0.5) is 0 Å². The number of hydrogen-bond acceptors (Lipinski definition) is 4. The van der Waals surface area contributed by atoms with Crippen molar-refractivity contribution < 1.29 is 19.7 Å². The maximum atomic E-state index is 11.5. The molecular weight excluding hydrogens is 184 g/mol. The van der Waals surface area contributed by atoms with Gasteiger partial charge >= 0.3 is 0 Å². The van der Waals surface area contributed by atoms with Crippen LogP contribution in [-0.2, 0) is 14.6 Å². The fraction of sp³-hybridized carbons (Fsp3) is 0.900. The van der Waals surface area contributed by atoms with Crippen LogP contribution < -0.4 is 0 Å². The fourth-order valence-corrected chi connectivity index (χ4v) is 2.20. The van der Waals surface area contributed by atoms with Crippen molar-refractivity contribution in [2.45, 2.75) is 32.3 Å². The van der Waals surface area contributed by atoms with Gasteiger partial charge in [0.25, 0.3) is 0 Å². The number of hydrogen-bond donors (Lipinski definition) is 1. The van der Waals surface area contributed by atoms with Crippen molar-refractivity contribution in [3.05, 3.63) is 0 Å². The Morgan fingerprint density at radius 1 is 1.43 bits per heavy atom. The molecule has 1 aliphatic carbocycles. The van der Waals surface area contributed by atoms with Gasteiger partial charge in [-0.05, 0) is 12.8 Å². The van der Waals surface area contributed by atoms with Crippen LogP contribution in [0.5, 0.6) is 0 Å². The first kappa shape index (κ1) is 11.6. The Morgan fingerprint density at radius 3 is 2.36 bits per heavy atom. The van der Waals surface area contributed by atoms with Gasteiger partial charge in [-0.25, -0.2) is 9.78 Å². The molecular formula is C10H18O4. The molecule has 4 heteroatoms. The lowest BCUT2D eigenvalue weighted by Gasteiger charge is -2.37. The molecule has 0 heterocycles. The minimum atomic E-state index is -0.914. The predicted molar refractivity (Wildman–Crippen MR) is 50.5 cm³/mol. The highest BCUT2D eigenvalue weighted by Gasteiger charge is 2.41. The molecule has 0 aromatic rings. The highest BCUT2D eigenvalue weighted by molar-refractivity contribution is 5.83. The van der Waals surface area contributed by atoms with Crippen LogP contribution in [0.25, 0.3) is 0 Å². The molecule has 1 rings (SSSR count). The number of aliphatic hydroxyl groups is 1. The molecule has 0 radical (unpaired) electrons. The maximum Gasteiger partial charge on any atom is 0.138 e. The number of ketones is 1. The molecule has 0 aromatic carbocycles. The Hall–Kier alpha value is -0.450. The fourth-order valence-electron chi connectivity index (χ4n) is 2.20. The summed E-state index contributed by atoms with van der Waals surface area (Å²) >= 11 is 0. The van der Waals surface area contributed by atoms with E-state index in [9.17, 15) is 9.90 Å². The van der Waals surface area contributed by atoms with Gasteiger partial charge in [-0.3, -0.25) is 4.79 Å². The quantitative estimate of drug-likeness (QED) is 0.546. The van der Waals surface area contributed by atoms with E-state index in [0.717, 1.165) is 0 Å². The van der Waals surface area contributed by atoms with Crippen molar-refractivity contribution in [2.75, 3.05) is 13.7 Å². The van der Waals surface area contributed by atoms with Gasteiger partial charge < -0.3 is 5.11 Å². The number of carbonyl (C=O) groups excluding carboxylic acids is 1. The Balaban J connectivity index is 2.59. The van der Waals surface area contributed by atoms with Gasteiger partial charge in [0.15, 0.2) is 0 Å². The van der Waals surface area contributed by atoms with Crippen LogP contribution in [0.1, 0.15) is 26.7 Å². The second kappa shape index (κ2) is 4.38. The lowest BCUT2D eigenvalue weighted by molar-refractivity contribution is -0.301. The van der Waals surface area contributed by atoms with Gasteiger partial charge in [0.1, 0.15) is 12.4 Å². The van der Waals surface area contributed by atoms with Crippen molar-refractivity contribution in [2.24, 2.45) is 11.8 Å². The van der Waals surface area contributed by atoms with Gasteiger partial charge in [-0.1, -0.05) is 13.8 Å². The van der Waals surface area contributed by atoms with Crippen LogP contribution in [0, 0.1) is 11.8 Å². The lowest BCUT2D eigenvalue weighted by Crippen LogP contribution is -2.46. The van der Waals surface area contributed by atoms with Crippen LogP contribution in [-0.4, -0.2) is 30.2 Å². The van der Waals surface area contributed by atoms with E-state index in [1.807, 2.05) is 13.8 Å². The van der Waals surface area contributed by atoms with Crippen molar-refractivity contribution in [1.82, 2.24) is 0 Å². The van der Waals surface area contributed by atoms with E-state index >= 15 is 0 Å². The summed E-state index contributed by atoms with van der Waals surface area (Å²) in [4.78, 5) is 20.7. The van der Waals surface area contributed by atoms with Gasteiger partial charge in [0, 0.05) is 11.8 Å². The Bertz CT molecular complexity index is 200. The van der Waals surface area contributed by atoms with Gasteiger partial charge in [0.2, 0.25) is 0 Å². The molecule has 1 fully saturated rings. The highest BCUT2D eigenvalue weighted by atomic mass is 17.2. The lowest BCUT2D eigenvalue weighted by atomic mass is 9.73. The molecule has 0 unspecified atom stereocenters. The van der Waals surface area contributed by atoms with Crippen molar-refractivity contribution in [1.29, 1.82) is 0 Å². The molecule has 1 N–H and O–H groups in total. The third-order valence-corrected chi connectivity index (χ3v) is 2.79. The molecule has 1 aliphatic rings. The molecule has 14 heavy (non-hydrogen) atoms. The SMILES string of the molecule is COOCC1(O)C[C@@H](C)C(=O)[C@H](C)C1. The van der Waals surface area contributed by atoms with Gasteiger partial charge in [0.05, 0.1) is 12.7 Å². The molecule has 0 saturated heterocycles. The van der Waals surface area contributed by atoms with Crippen LogP contribution in [0.2, 0.25) is 0 Å². The van der Waals surface area contributed by atoms with Crippen LogP contribution in [0.3, 0.4) is 0 Å². The zero-order valence-corrected chi connectivity index (χ0v) is 8.95. The molecule has 0 amide bonds. The third kappa shape index (κ3) is 2.53. The van der Waals surface area contributed by atoms with E-state index < -0.39 is 5.60 Å². The van der Waals surface area contributed by atoms with E-state index in [1.165, 1.54) is 7.11 Å². The molecule has 0 spiro atoms. The third-order valence-electron chi connectivity index (χ3n) is 2.79. The monoisotopic (exact) mass is 202 g/mol. The summed E-state index contributed by atoms with van der Waals surface area (Å²) in [6, 6.07) is 0. The summed E-state index contributed by atoms with van der Waals surface area (Å²) in [5.74, 6) is 0.0421. The standard InChI is InChI=1S/C10H18O4/c1-7-4-10(12,6-14-13-3)5-8(2)9(7)11/h7-8,12H,4-6H2,1-3H3/t7-,8-/m1/s1. The van der Waals surface area contributed by atoms with E-state index in [4.69, 9.17) is 4.89 Å². The molecule has 82 valence electrons. The zero-order chi connectivity index (χ0) is 10.8. The predicted octanol–water partition coefficient (Wildman–Crippen LogP) is 0.931.